The van der Waals surface area contributed by atoms with Gasteiger partial charge in [-0.05, 0) is 43.0 Å². The minimum Gasteiger partial charge on any atom is -0.350 e. The molecule has 1 aromatic rings. The number of carbonyl (C=O) groups excluding carboxylic acids is 1. The Hall–Kier alpha value is -1.35. The summed E-state index contributed by atoms with van der Waals surface area (Å²) >= 11 is 0. The van der Waals surface area contributed by atoms with E-state index in [1.807, 2.05) is 6.92 Å². The molecule has 0 bridgehead atoms. The molecule has 1 aliphatic heterocycles. The molecule has 3 heteroatoms. The molecule has 0 saturated carbocycles. The third-order valence-electron chi connectivity index (χ3n) is 3.82. The summed E-state index contributed by atoms with van der Waals surface area (Å²) in [5, 5.41) is 6.27. The lowest BCUT2D eigenvalue weighted by Gasteiger charge is -2.27. The summed E-state index contributed by atoms with van der Waals surface area (Å²) in [7, 11) is 0. The summed E-state index contributed by atoms with van der Waals surface area (Å²) in [6, 6.07) is 8.62. The van der Waals surface area contributed by atoms with E-state index in [1.54, 1.807) is 0 Å². The lowest BCUT2D eigenvalue weighted by atomic mass is 9.97. The molecular formula is C16H24N2O. The summed E-state index contributed by atoms with van der Waals surface area (Å²) in [6.45, 7) is 8.37. The zero-order valence-electron chi connectivity index (χ0n) is 12.1. The highest BCUT2D eigenvalue weighted by molar-refractivity contribution is 5.76. The molecule has 1 unspecified atom stereocenters. The highest BCUT2D eigenvalue weighted by Crippen LogP contribution is 2.19. The monoisotopic (exact) mass is 260 g/mol. The molecule has 0 spiro atoms. The van der Waals surface area contributed by atoms with Crippen molar-refractivity contribution < 1.29 is 4.79 Å². The first-order valence-electron chi connectivity index (χ1n) is 7.16. The van der Waals surface area contributed by atoms with Crippen molar-refractivity contribution in [2.75, 3.05) is 13.1 Å². The molecule has 1 aromatic carbocycles. The van der Waals surface area contributed by atoms with Crippen LogP contribution in [0, 0.1) is 5.92 Å². The zero-order valence-corrected chi connectivity index (χ0v) is 12.1. The predicted octanol–water partition coefficient (Wildman–Crippen LogP) is 2.60. The van der Waals surface area contributed by atoms with Gasteiger partial charge in [0.05, 0.1) is 6.04 Å². The maximum atomic E-state index is 11.9. The summed E-state index contributed by atoms with van der Waals surface area (Å²) in [5.41, 5.74) is 2.51. The van der Waals surface area contributed by atoms with Gasteiger partial charge in [0.25, 0.3) is 0 Å². The standard InChI is InChI=1S/C16H24N2O/c1-11(2)14-4-6-15(7-5-14)12(3)18-16(19)8-13-9-17-10-13/h4-7,11-13,17H,8-10H2,1-3H3,(H,18,19). The first-order valence-corrected chi connectivity index (χ1v) is 7.16. The van der Waals surface area contributed by atoms with Crippen molar-refractivity contribution in [3.05, 3.63) is 35.4 Å². The minimum atomic E-state index is 0.0850. The van der Waals surface area contributed by atoms with E-state index in [2.05, 4.69) is 48.7 Å². The second kappa shape index (κ2) is 6.20. The largest absolute Gasteiger partial charge is 0.350 e. The molecule has 3 nitrogen and oxygen atoms in total. The van der Waals surface area contributed by atoms with E-state index in [9.17, 15) is 4.79 Å². The molecule has 0 radical (unpaired) electrons. The van der Waals surface area contributed by atoms with Crippen LogP contribution in [0.1, 0.15) is 50.3 Å². The topological polar surface area (TPSA) is 41.1 Å². The van der Waals surface area contributed by atoms with Gasteiger partial charge in [0, 0.05) is 6.42 Å². The molecule has 0 aromatic heterocycles. The maximum Gasteiger partial charge on any atom is 0.220 e. The van der Waals surface area contributed by atoms with Gasteiger partial charge < -0.3 is 10.6 Å². The van der Waals surface area contributed by atoms with Crippen LogP contribution >= 0.6 is 0 Å². The average molecular weight is 260 g/mol. The molecule has 2 N–H and O–H groups in total. The molecule has 1 fully saturated rings. The van der Waals surface area contributed by atoms with Crippen LogP contribution in [0.15, 0.2) is 24.3 Å². The van der Waals surface area contributed by atoms with Gasteiger partial charge in [-0.1, -0.05) is 38.1 Å². The Balaban J connectivity index is 1.87. The smallest absolute Gasteiger partial charge is 0.220 e. The summed E-state index contributed by atoms with van der Waals surface area (Å²) in [4.78, 5) is 11.9. The van der Waals surface area contributed by atoms with Crippen molar-refractivity contribution in [1.82, 2.24) is 10.6 Å². The Morgan fingerprint density at radius 2 is 1.79 bits per heavy atom. The quantitative estimate of drug-likeness (QED) is 0.854. The molecule has 1 saturated heterocycles. The maximum absolute atomic E-state index is 11.9. The summed E-state index contributed by atoms with van der Waals surface area (Å²) < 4.78 is 0. The number of amides is 1. The fourth-order valence-corrected chi connectivity index (χ4v) is 2.31. The van der Waals surface area contributed by atoms with Gasteiger partial charge in [0.1, 0.15) is 0 Å². The fraction of sp³-hybridized carbons (Fsp3) is 0.562. The Morgan fingerprint density at radius 3 is 2.26 bits per heavy atom. The normalized spacial score (nSPS) is 17.1. The average Bonchev–Trinajstić information content (AvgIpc) is 2.34. The van der Waals surface area contributed by atoms with Crippen molar-refractivity contribution in [2.24, 2.45) is 5.92 Å². The number of hydrogen-bond donors (Lipinski definition) is 2. The number of nitrogens with one attached hydrogen (secondary N) is 2. The molecule has 1 heterocycles. The number of rotatable bonds is 5. The number of carbonyl (C=O) groups is 1. The van der Waals surface area contributed by atoms with Crippen molar-refractivity contribution in [2.45, 2.75) is 39.2 Å². The van der Waals surface area contributed by atoms with Crippen LogP contribution in [0.2, 0.25) is 0 Å². The van der Waals surface area contributed by atoms with E-state index in [0.29, 0.717) is 18.3 Å². The van der Waals surface area contributed by atoms with Crippen molar-refractivity contribution in [3.63, 3.8) is 0 Å². The van der Waals surface area contributed by atoms with Gasteiger partial charge in [-0.3, -0.25) is 4.79 Å². The van der Waals surface area contributed by atoms with Crippen LogP contribution in [0.5, 0.6) is 0 Å². The highest BCUT2D eigenvalue weighted by Gasteiger charge is 2.21. The Labute approximate surface area is 115 Å². The van der Waals surface area contributed by atoms with Gasteiger partial charge >= 0.3 is 0 Å². The molecule has 1 atom stereocenters. The SMILES string of the molecule is CC(C)c1ccc(C(C)NC(=O)CC2CNC2)cc1. The zero-order chi connectivity index (χ0) is 13.8. The van der Waals surface area contributed by atoms with Crippen LogP contribution in [0.3, 0.4) is 0 Å². The predicted molar refractivity (Wildman–Crippen MR) is 78.1 cm³/mol. The minimum absolute atomic E-state index is 0.0850. The van der Waals surface area contributed by atoms with E-state index in [4.69, 9.17) is 0 Å². The van der Waals surface area contributed by atoms with E-state index in [1.165, 1.54) is 11.1 Å². The second-order valence-corrected chi connectivity index (χ2v) is 5.84. The summed E-state index contributed by atoms with van der Waals surface area (Å²) in [6.07, 6.45) is 0.640. The van der Waals surface area contributed by atoms with Gasteiger partial charge in [0.2, 0.25) is 5.91 Å². The Bertz CT molecular complexity index is 421. The van der Waals surface area contributed by atoms with Gasteiger partial charge in [0.15, 0.2) is 0 Å². The summed E-state index contributed by atoms with van der Waals surface area (Å²) in [5.74, 6) is 1.23. The van der Waals surface area contributed by atoms with Gasteiger partial charge in [-0.25, -0.2) is 0 Å². The van der Waals surface area contributed by atoms with Crippen LogP contribution in [0.25, 0.3) is 0 Å². The van der Waals surface area contributed by atoms with E-state index < -0.39 is 0 Å². The molecule has 1 amide bonds. The molecule has 1 aliphatic rings. The van der Waals surface area contributed by atoms with Gasteiger partial charge in [-0.2, -0.15) is 0 Å². The molecular weight excluding hydrogens is 236 g/mol. The molecule has 0 aliphatic carbocycles. The van der Waals surface area contributed by atoms with Crippen molar-refractivity contribution in [3.8, 4) is 0 Å². The molecule has 104 valence electrons. The third kappa shape index (κ3) is 3.80. The van der Waals surface area contributed by atoms with E-state index in [-0.39, 0.29) is 11.9 Å². The Morgan fingerprint density at radius 1 is 1.21 bits per heavy atom. The Kier molecular flexibility index (Phi) is 4.59. The van der Waals surface area contributed by atoms with Gasteiger partial charge in [-0.15, -0.1) is 0 Å². The second-order valence-electron chi connectivity index (χ2n) is 5.84. The van der Waals surface area contributed by atoms with Crippen LogP contribution < -0.4 is 10.6 Å². The van der Waals surface area contributed by atoms with E-state index in [0.717, 1.165) is 13.1 Å². The fourth-order valence-electron chi connectivity index (χ4n) is 2.31. The first kappa shape index (κ1) is 14.1. The van der Waals surface area contributed by atoms with Crippen molar-refractivity contribution >= 4 is 5.91 Å². The first-order chi connectivity index (χ1) is 9.06. The van der Waals surface area contributed by atoms with E-state index >= 15 is 0 Å². The molecule has 2 rings (SSSR count). The lowest BCUT2D eigenvalue weighted by molar-refractivity contribution is -0.123. The highest BCUT2D eigenvalue weighted by atomic mass is 16.1. The van der Waals surface area contributed by atoms with Crippen LogP contribution in [-0.4, -0.2) is 19.0 Å². The lowest BCUT2D eigenvalue weighted by Crippen LogP contribution is -2.44. The van der Waals surface area contributed by atoms with Crippen molar-refractivity contribution in [1.29, 1.82) is 0 Å². The van der Waals surface area contributed by atoms with Crippen LogP contribution in [-0.2, 0) is 4.79 Å². The number of benzene rings is 1. The molecule has 19 heavy (non-hydrogen) atoms. The van der Waals surface area contributed by atoms with Crippen LogP contribution in [0.4, 0.5) is 0 Å². The third-order valence-corrected chi connectivity index (χ3v) is 3.82. The number of hydrogen-bond acceptors (Lipinski definition) is 2.